The molecule has 2 nitrogen and oxygen atoms in total. The van der Waals surface area contributed by atoms with Gasteiger partial charge in [0.25, 0.3) is 0 Å². The van der Waals surface area contributed by atoms with Crippen LogP contribution in [0.5, 0.6) is 0 Å². The average molecular weight is 238 g/mol. The summed E-state index contributed by atoms with van der Waals surface area (Å²) in [4.78, 5) is 0. The Hall–Kier alpha value is -2.22. The molecule has 0 saturated carbocycles. The normalized spacial score (nSPS) is 11.6. The highest BCUT2D eigenvalue weighted by molar-refractivity contribution is 5.87. The predicted octanol–water partition coefficient (Wildman–Crippen LogP) is 3.55. The molecule has 0 aliphatic heterocycles. The number of aromatic nitrogens is 1. The molecule has 92 valence electrons. The van der Waals surface area contributed by atoms with Crippen LogP contribution < -0.4 is 5.84 Å². The van der Waals surface area contributed by atoms with E-state index in [9.17, 15) is 0 Å². The lowest BCUT2D eigenvalue weighted by molar-refractivity contribution is 0.998. The maximum atomic E-state index is 5.89. The van der Waals surface area contributed by atoms with E-state index >= 15 is 0 Å². The Bertz CT molecular complexity index is 584. The first kappa shape index (κ1) is 12.2. The van der Waals surface area contributed by atoms with Gasteiger partial charge in [-0.05, 0) is 42.7 Å². The molecule has 2 heteroatoms. The van der Waals surface area contributed by atoms with Gasteiger partial charge in [0.05, 0.1) is 5.69 Å². The first-order chi connectivity index (χ1) is 8.61. The summed E-state index contributed by atoms with van der Waals surface area (Å²) >= 11 is 0. The Morgan fingerprint density at radius 3 is 2.61 bits per heavy atom. The van der Waals surface area contributed by atoms with Crippen molar-refractivity contribution in [3.63, 3.8) is 0 Å². The second-order valence-electron chi connectivity index (χ2n) is 4.46. The topological polar surface area (TPSA) is 30.9 Å². The maximum Gasteiger partial charge on any atom is 0.0652 e. The number of nitrogens with zero attached hydrogens (tertiary/aromatic N) is 1. The predicted molar refractivity (Wildman–Crippen MR) is 78.6 cm³/mol. The molecule has 0 aliphatic rings. The van der Waals surface area contributed by atoms with E-state index in [1.54, 1.807) is 4.68 Å². The minimum absolute atomic E-state index is 1.01. The van der Waals surface area contributed by atoms with Crippen molar-refractivity contribution in [3.8, 4) is 0 Å². The molecule has 18 heavy (non-hydrogen) atoms. The summed E-state index contributed by atoms with van der Waals surface area (Å²) in [6, 6.07) is 10.4. The molecule has 1 aromatic carbocycles. The largest absolute Gasteiger partial charge is 0.339 e. The first-order valence-electron chi connectivity index (χ1n) is 5.96. The van der Waals surface area contributed by atoms with E-state index in [4.69, 9.17) is 5.84 Å². The van der Waals surface area contributed by atoms with Crippen LogP contribution in [0.15, 0.2) is 49.2 Å². The molecule has 2 aromatic rings. The summed E-state index contributed by atoms with van der Waals surface area (Å²) in [6.07, 6.45) is 5.79. The van der Waals surface area contributed by atoms with Gasteiger partial charge in [-0.25, -0.2) is 0 Å². The van der Waals surface area contributed by atoms with E-state index in [1.165, 1.54) is 5.56 Å². The van der Waals surface area contributed by atoms with Gasteiger partial charge in [0.1, 0.15) is 0 Å². The molecule has 0 radical (unpaired) electrons. The molecule has 0 amide bonds. The number of aryl methyl sites for hydroxylation is 2. The van der Waals surface area contributed by atoms with Crippen LogP contribution >= 0.6 is 0 Å². The summed E-state index contributed by atoms with van der Waals surface area (Å²) in [6.45, 7) is 8.02. The van der Waals surface area contributed by atoms with Crippen LogP contribution in [0.4, 0.5) is 0 Å². The number of allylic oxidation sites excluding steroid dienone is 2. The van der Waals surface area contributed by atoms with Gasteiger partial charge in [0, 0.05) is 6.20 Å². The van der Waals surface area contributed by atoms with E-state index in [1.807, 2.05) is 25.3 Å². The van der Waals surface area contributed by atoms with Crippen LogP contribution in [-0.4, -0.2) is 4.68 Å². The lowest BCUT2D eigenvalue weighted by atomic mass is 10.0. The summed E-state index contributed by atoms with van der Waals surface area (Å²) in [5.74, 6) is 5.89. The van der Waals surface area contributed by atoms with Crippen molar-refractivity contribution in [2.24, 2.45) is 0 Å². The SMILES string of the molecule is C=C/C(=C\c1c(C)ccn1N)c1cccc(C)c1. The minimum Gasteiger partial charge on any atom is -0.339 e. The summed E-state index contributed by atoms with van der Waals surface area (Å²) < 4.78 is 1.63. The molecule has 2 rings (SSSR count). The van der Waals surface area contributed by atoms with E-state index in [-0.39, 0.29) is 0 Å². The fourth-order valence-electron chi connectivity index (χ4n) is 1.98. The number of hydrogen-bond donors (Lipinski definition) is 1. The summed E-state index contributed by atoms with van der Waals surface area (Å²) in [5.41, 5.74) is 5.63. The molecular weight excluding hydrogens is 220 g/mol. The number of nitrogens with two attached hydrogens (primary N) is 1. The first-order valence-corrected chi connectivity index (χ1v) is 5.96. The molecule has 1 heterocycles. The van der Waals surface area contributed by atoms with Crippen molar-refractivity contribution >= 4 is 11.6 Å². The van der Waals surface area contributed by atoms with E-state index in [2.05, 4.69) is 43.8 Å². The standard InChI is InChI=1S/C16H18N2/c1-4-14(15-7-5-6-12(2)10-15)11-16-13(3)8-9-18(16)17/h4-11H,1,17H2,2-3H3/b14-11+. The Labute approximate surface area is 108 Å². The fourth-order valence-corrected chi connectivity index (χ4v) is 1.98. The minimum atomic E-state index is 1.01. The zero-order valence-electron chi connectivity index (χ0n) is 10.9. The smallest absolute Gasteiger partial charge is 0.0652 e. The number of nitrogen functional groups attached to an aromatic ring is 1. The van der Waals surface area contributed by atoms with Crippen molar-refractivity contribution in [2.45, 2.75) is 13.8 Å². The lowest BCUT2D eigenvalue weighted by Gasteiger charge is -2.06. The monoisotopic (exact) mass is 238 g/mol. The molecule has 2 N–H and O–H groups in total. The highest BCUT2D eigenvalue weighted by atomic mass is 15.3. The summed E-state index contributed by atoms with van der Waals surface area (Å²) in [5, 5.41) is 0. The van der Waals surface area contributed by atoms with Crippen molar-refractivity contribution in [1.82, 2.24) is 4.68 Å². The highest BCUT2D eigenvalue weighted by Gasteiger charge is 2.03. The van der Waals surface area contributed by atoms with Crippen LogP contribution in [0.3, 0.4) is 0 Å². The van der Waals surface area contributed by atoms with Crippen LogP contribution in [0.25, 0.3) is 11.6 Å². The Morgan fingerprint density at radius 2 is 2.06 bits per heavy atom. The van der Waals surface area contributed by atoms with E-state index in [0.717, 1.165) is 22.4 Å². The molecule has 0 bridgehead atoms. The second kappa shape index (κ2) is 4.96. The molecule has 1 aromatic heterocycles. The Balaban J connectivity index is 2.49. The highest BCUT2D eigenvalue weighted by Crippen LogP contribution is 2.21. The molecule has 0 unspecified atom stereocenters. The van der Waals surface area contributed by atoms with Gasteiger partial charge in [-0.3, -0.25) is 4.68 Å². The van der Waals surface area contributed by atoms with Crippen molar-refractivity contribution < 1.29 is 0 Å². The van der Waals surface area contributed by atoms with Gasteiger partial charge >= 0.3 is 0 Å². The molecule has 0 aliphatic carbocycles. The van der Waals surface area contributed by atoms with E-state index in [0.29, 0.717) is 0 Å². The van der Waals surface area contributed by atoms with Crippen molar-refractivity contribution in [2.75, 3.05) is 5.84 Å². The second-order valence-corrected chi connectivity index (χ2v) is 4.46. The van der Waals surface area contributed by atoms with Gasteiger partial charge in [-0.2, -0.15) is 0 Å². The van der Waals surface area contributed by atoms with Crippen LogP contribution in [-0.2, 0) is 0 Å². The third-order valence-corrected chi connectivity index (χ3v) is 3.03. The number of benzene rings is 1. The third kappa shape index (κ3) is 2.38. The zero-order valence-corrected chi connectivity index (χ0v) is 10.9. The van der Waals surface area contributed by atoms with Crippen molar-refractivity contribution in [1.29, 1.82) is 0 Å². The lowest BCUT2D eigenvalue weighted by Crippen LogP contribution is -2.08. The van der Waals surface area contributed by atoms with Gasteiger partial charge in [-0.15, -0.1) is 0 Å². The fraction of sp³-hybridized carbons (Fsp3) is 0.125. The van der Waals surface area contributed by atoms with Gasteiger partial charge in [-0.1, -0.05) is 42.5 Å². The zero-order chi connectivity index (χ0) is 13.1. The quantitative estimate of drug-likeness (QED) is 0.643. The molecular formula is C16H18N2. The third-order valence-electron chi connectivity index (χ3n) is 3.03. The molecule has 0 atom stereocenters. The summed E-state index contributed by atoms with van der Waals surface area (Å²) in [7, 11) is 0. The number of rotatable bonds is 3. The number of hydrogen-bond acceptors (Lipinski definition) is 1. The molecule has 0 spiro atoms. The Kier molecular flexibility index (Phi) is 3.38. The van der Waals surface area contributed by atoms with Gasteiger partial charge in [0.15, 0.2) is 0 Å². The van der Waals surface area contributed by atoms with Gasteiger partial charge in [0.2, 0.25) is 0 Å². The van der Waals surface area contributed by atoms with Gasteiger partial charge < -0.3 is 5.84 Å². The van der Waals surface area contributed by atoms with E-state index < -0.39 is 0 Å². The Morgan fingerprint density at radius 1 is 1.28 bits per heavy atom. The van der Waals surface area contributed by atoms with Crippen LogP contribution in [0.2, 0.25) is 0 Å². The van der Waals surface area contributed by atoms with Crippen LogP contribution in [0.1, 0.15) is 22.4 Å². The molecule has 0 fully saturated rings. The van der Waals surface area contributed by atoms with Crippen LogP contribution in [0, 0.1) is 13.8 Å². The maximum absolute atomic E-state index is 5.89. The average Bonchev–Trinajstić information content (AvgIpc) is 2.66. The molecule has 0 saturated heterocycles. The van der Waals surface area contributed by atoms with Crippen molar-refractivity contribution in [3.05, 3.63) is 71.6 Å².